The first-order valence-electron chi connectivity index (χ1n) is 8.57. The Balaban J connectivity index is 2.39. The van der Waals surface area contributed by atoms with Crippen molar-refractivity contribution in [3.8, 4) is 0 Å². The molecule has 0 aliphatic carbocycles. The molecule has 0 saturated heterocycles. The maximum Gasteiger partial charge on any atom is 0.460 e. The van der Waals surface area contributed by atoms with Gasteiger partial charge in [0.2, 0.25) is 0 Å². The van der Waals surface area contributed by atoms with Crippen molar-refractivity contribution in [3.05, 3.63) is 42.0 Å². The van der Waals surface area contributed by atoms with Gasteiger partial charge >= 0.3 is 41.7 Å². The second-order valence-electron chi connectivity index (χ2n) is 6.98. The molecule has 0 bridgehead atoms. The highest BCUT2D eigenvalue weighted by Gasteiger charge is 2.93. The minimum atomic E-state index is -8.30. The smallest absolute Gasteiger partial charge is 0.268 e. The van der Waals surface area contributed by atoms with Crippen LogP contribution < -0.4 is 5.48 Å². The zero-order valence-electron chi connectivity index (χ0n) is 15.8. The topological polar surface area (TPSA) is 21.3 Å². The first kappa shape index (κ1) is 27.9. The fourth-order valence-corrected chi connectivity index (χ4v) is 2.65. The molecule has 34 heavy (non-hydrogen) atoms. The molecule has 1 N–H and O–H groups in total. The second kappa shape index (κ2) is 8.12. The predicted molar refractivity (Wildman–Crippen MR) is 82.8 cm³/mol. The van der Waals surface area contributed by atoms with E-state index >= 15 is 0 Å². The van der Waals surface area contributed by atoms with Crippen LogP contribution in [0, 0.1) is 0 Å². The maximum atomic E-state index is 14.0. The summed E-state index contributed by atoms with van der Waals surface area (Å²) < 4.78 is 198. The van der Waals surface area contributed by atoms with E-state index in [1.54, 1.807) is 0 Å². The van der Waals surface area contributed by atoms with Crippen molar-refractivity contribution in [3.63, 3.8) is 0 Å². The van der Waals surface area contributed by atoms with Gasteiger partial charge in [0.1, 0.15) is 6.10 Å². The van der Waals surface area contributed by atoms with Crippen LogP contribution in [0.5, 0.6) is 0 Å². The minimum absolute atomic E-state index is 0.182. The second-order valence-corrected chi connectivity index (χ2v) is 6.98. The van der Waals surface area contributed by atoms with Crippen molar-refractivity contribution in [2.45, 2.75) is 54.2 Å². The van der Waals surface area contributed by atoms with E-state index in [4.69, 9.17) is 0 Å². The minimum Gasteiger partial charge on any atom is -0.268 e. The van der Waals surface area contributed by atoms with Crippen LogP contribution in [-0.4, -0.2) is 47.8 Å². The van der Waals surface area contributed by atoms with Crippen LogP contribution in [0.3, 0.4) is 0 Å². The summed E-state index contributed by atoms with van der Waals surface area (Å²) in [5, 5.41) is 0. The van der Waals surface area contributed by atoms with Gasteiger partial charge in [-0.15, -0.1) is 0 Å². The third kappa shape index (κ3) is 4.04. The molecular weight excluding hydrogens is 519 g/mol. The van der Waals surface area contributed by atoms with Crippen molar-refractivity contribution in [1.29, 1.82) is 0 Å². The van der Waals surface area contributed by atoms with Crippen LogP contribution in [-0.2, 0) is 4.84 Å². The number of hydrogen-bond donors (Lipinski definition) is 1. The fourth-order valence-electron chi connectivity index (χ4n) is 2.65. The molecule has 0 radical (unpaired) electrons. The molecule has 0 spiro atoms. The Hall–Kier alpha value is -2.33. The Bertz CT molecular complexity index is 907. The first-order valence-corrected chi connectivity index (χ1v) is 8.57. The van der Waals surface area contributed by atoms with E-state index in [1.807, 2.05) is 5.48 Å². The van der Waals surface area contributed by atoms with Crippen LogP contribution >= 0.6 is 0 Å². The molecule has 1 aromatic rings. The highest BCUT2D eigenvalue weighted by molar-refractivity contribution is 5.64. The zero-order valence-corrected chi connectivity index (χ0v) is 15.8. The molecule has 194 valence electrons. The predicted octanol–water partition coefficient (Wildman–Crippen LogP) is 6.70. The van der Waals surface area contributed by atoms with E-state index in [2.05, 4.69) is 4.84 Å². The zero-order chi connectivity index (χ0) is 26.6. The molecule has 0 saturated carbocycles. The SMILES string of the molecule is FC(F)(F)C(F)(F)C(F)(F)C(F)(F)C(F)(F)C(F)(F)C(F)(F)CC1C=C(c2ccccc2)NO1. The van der Waals surface area contributed by atoms with Crippen LogP contribution in [0.25, 0.3) is 5.70 Å². The summed E-state index contributed by atoms with van der Waals surface area (Å²) in [5.41, 5.74) is 1.93. The summed E-state index contributed by atoms with van der Waals surface area (Å²) in [5.74, 6) is -46.6. The molecule has 2 nitrogen and oxygen atoms in total. The summed E-state index contributed by atoms with van der Waals surface area (Å²) in [6.07, 6.45) is -11.9. The normalized spacial score (nSPS) is 19.1. The summed E-state index contributed by atoms with van der Waals surface area (Å²) in [4.78, 5) is 4.41. The molecule has 0 amide bonds. The third-order valence-corrected chi connectivity index (χ3v) is 4.61. The number of rotatable bonds is 8. The maximum absolute atomic E-state index is 14.0. The highest BCUT2D eigenvalue weighted by Crippen LogP contribution is 2.62. The molecule has 2 rings (SSSR count). The molecule has 1 aliphatic heterocycles. The van der Waals surface area contributed by atoms with Gasteiger partial charge in [0.05, 0.1) is 12.1 Å². The number of nitrogens with one attached hydrogen (secondary N) is 1. The van der Waals surface area contributed by atoms with Gasteiger partial charge < -0.3 is 0 Å². The number of alkyl halides is 15. The number of benzene rings is 1. The standard InChI is InChI=1S/C17H10F15NO/c18-11(19,7-9-6-10(33-34-9)8-4-2-1-3-5-8)12(20,21)13(22,23)14(24,25)15(26,27)16(28,29)17(30,31)32/h1-6,9,33H,7H2. The average molecular weight is 529 g/mol. The van der Waals surface area contributed by atoms with Crippen molar-refractivity contribution < 1.29 is 70.7 Å². The molecule has 1 aliphatic rings. The summed E-state index contributed by atoms with van der Waals surface area (Å²) in [6, 6.07) is 6.97. The largest absolute Gasteiger partial charge is 0.460 e. The Labute approximate surface area is 179 Å². The van der Waals surface area contributed by atoms with E-state index in [0.29, 0.717) is 6.08 Å². The van der Waals surface area contributed by atoms with Gasteiger partial charge in [0.15, 0.2) is 0 Å². The van der Waals surface area contributed by atoms with Crippen molar-refractivity contribution in [2.75, 3.05) is 0 Å². The quantitative estimate of drug-likeness (QED) is 0.379. The lowest BCUT2D eigenvalue weighted by atomic mass is 9.89. The van der Waals surface area contributed by atoms with Gasteiger partial charge in [0, 0.05) is 0 Å². The Morgan fingerprint density at radius 2 is 1.06 bits per heavy atom. The van der Waals surface area contributed by atoms with Gasteiger partial charge in [0.25, 0.3) is 0 Å². The summed E-state index contributed by atoms with van der Waals surface area (Å²) in [7, 11) is 0. The number of hydrogen-bond acceptors (Lipinski definition) is 2. The van der Waals surface area contributed by atoms with Gasteiger partial charge in [-0.3, -0.25) is 10.3 Å². The molecule has 0 aromatic heterocycles. The summed E-state index contributed by atoms with van der Waals surface area (Å²) >= 11 is 0. The van der Waals surface area contributed by atoms with E-state index in [-0.39, 0.29) is 11.3 Å². The molecule has 17 heteroatoms. The lowest BCUT2D eigenvalue weighted by Crippen LogP contribution is -2.72. The highest BCUT2D eigenvalue weighted by atomic mass is 19.4. The third-order valence-electron chi connectivity index (χ3n) is 4.61. The number of halogens is 15. The number of hydroxylamine groups is 1. The van der Waals surface area contributed by atoms with Crippen LogP contribution in [0.15, 0.2) is 36.4 Å². The summed E-state index contributed by atoms with van der Waals surface area (Å²) in [6.45, 7) is 0. The van der Waals surface area contributed by atoms with Gasteiger partial charge in [-0.25, -0.2) is 0 Å². The van der Waals surface area contributed by atoms with Crippen molar-refractivity contribution in [1.82, 2.24) is 5.48 Å². The lowest BCUT2D eigenvalue weighted by molar-refractivity contribution is -0.453. The molecule has 0 fully saturated rings. The fraction of sp³-hybridized carbons (Fsp3) is 0.529. The van der Waals surface area contributed by atoms with Crippen LogP contribution in [0.1, 0.15) is 12.0 Å². The lowest BCUT2D eigenvalue weighted by Gasteiger charge is -2.41. The van der Waals surface area contributed by atoms with E-state index in [0.717, 1.165) is 0 Å². The molecule has 1 unspecified atom stereocenters. The first-order chi connectivity index (χ1) is 15.0. The monoisotopic (exact) mass is 529 g/mol. The average Bonchev–Trinajstić information content (AvgIpc) is 3.14. The molecular formula is C17H10F15NO. The van der Waals surface area contributed by atoms with Crippen molar-refractivity contribution in [2.24, 2.45) is 0 Å². The van der Waals surface area contributed by atoms with Gasteiger partial charge in [-0.2, -0.15) is 65.9 Å². The van der Waals surface area contributed by atoms with Crippen LogP contribution in [0.4, 0.5) is 65.9 Å². The Morgan fingerprint density at radius 3 is 1.53 bits per heavy atom. The van der Waals surface area contributed by atoms with Crippen LogP contribution in [0.2, 0.25) is 0 Å². The molecule has 1 aromatic carbocycles. The Morgan fingerprint density at radius 1 is 0.618 bits per heavy atom. The molecule has 1 heterocycles. The van der Waals surface area contributed by atoms with E-state index in [9.17, 15) is 65.9 Å². The van der Waals surface area contributed by atoms with E-state index < -0.39 is 54.2 Å². The Kier molecular flexibility index (Phi) is 6.66. The van der Waals surface area contributed by atoms with Crippen molar-refractivity contribution >= 4 is 5.70 Å². The molecule has 1 atom stereocenters. The van der Waals surface area contributed by atoms with Gasteiger partial charge in [-0.05, 0) is 11.6 Å². The van der Waals surface area contributed by atoms with Gasteiger partial charge in [-0.1, -0.05) is 30.3 Å². The van der Waals surface area contributed by atoms with E-state index in [1.165, 1.54) is 30.3 Å².